The van der Waals surface area contributed by atoms with Gasteiger partial charge in [0.1, 0.15) is 11.7 Å². The second-order valence-corrected chi connectivity index (χ2v) is 10.1. The number of aryl methyl sites for hydroxylation is 1. The van der Waals surface area contributed by atoms with E-state index in [0.717, 1.165) is 0 Å². The molecule has 0 bridgehead atoms. The van der Waals surface area contributed by atoms with Crippen LogP contribution in [0.3, 0.4) is 0 Å². The summed E-state index contributed by atoms with van der Waals surface area (Å²) in [4.78, 5) is 20.1. The fraction of sp³-hybridized carbons (Fsp3) is 0.522. The number of halogens is 4. The molecule has 0 unspecified atom stereocenters. The molecular weight excluding hydrogens is 519 g/mol. The van der Waals surface area contributed by atoms with Gasteiger partial charge in [-0.2, -0.15) is 13.2 Å². The summed E-state index contributed by atoms with van der Waals surface area (Å²) in [5, 5.41) is 18.0. The lowest BCUT2D eigenvalue weighted by Gasteiger charge is -2.31. The third-order valence-electron chi connectivity index (χ3n) is 6.35. The van der Waals surface area contributed by atoms with Gasteiger partial charge in [-0.3, -0.25) is 4.79 Å². The van der Waals surface area contributed by atoms with Gasteiger partial charge in [-0.15, -0.1) is 0 Å². The van der Waals surface area contributed by atoms with Crippen LogP contribution in [-0.2, 0) is 15.2 Å². The van der Waals surface area contributed by atoms with Crippen molar-refractivity contribution in [2.75, 3.05) is 6.54 Å². The summed E-state index contributed by atoms with van der Waals surface area (Å²) in [6, 6.07) is 6.53. The summed E-state index contributed by atoms with van der Waals surface area (Å²) in [7, 11) is 0. The molecule has 7 nitrogen and oxygen atoms in total. The number of alkyl halides is 3. The van der Waals surface area contributed by atoms with E-state index in [1.54, 1.807) is 13.0 Å². The summed E-state index contributed by atoms with van der Waals surface area (Å²) in [5.41, 5.74) is -2.06. The largest absolute Gasteiger partial charge is 0.435 e. The first kappa shape index (κ1) is 24.7. The Morgan fingerprint density at radius 2 is 1.97 bits per heavy atom. The molecule has 1 aromatic carbocycles. The van der Waals surface area contributed by atoms with E-state index in [1.807, 2.05) is 13.8 Å². The minimum atomic E-state index is -4.75. The lowest BCUT2D eigenvalue weighted by Crippen LogP contribution is -2.47. The first-order valence-electron chi connectivity index (χ1n) is 10.9. The molecule has 1 aromatic heterocycles. The van der Waals surface area contributed by atoms with Crippen molar-refractivity contribution < 1.29 is 32.4 Å². The Morgan fingerprint density at radius 1 is 1.29 bits per heavy atom. The highest BCUT2D eigenvalue weighted by atomic mass is 79.9. The quantitative estimate of drug-likeness (QED) is 0.591. The van der Waals surface area contributed by atoms with Crippen LogP contribution in [0.2, 0.25) is 0 Å². The minimum absolute atomic E-state index is 0.0177. The lowest BCUT2D eigenvalue weighted by molar-refractivity contribution is -0.275. The standard InChI is InChI=1S/C23H25BrF3N3O4/c1-12(2)20(19-8-13(3)28-33-19)21(32)30-11-16(31)9-18(30)17-10-22(34-29-17,23(25,26)27)14-4-6-15(24)7-5-14/h4-8,12,16,18,20,31H,9-11H2,1-3H3/t16-,18+,20-,22+/m1/s1. The average molecular weight is 544 g/mol. The second-order valence-electron chi connectivity index (χ2n) is 9.17. The number of oxime groups is 1. The molecule has 0 aliphatic carbocycles. The van der Waals surface area contributed by atoms with Crippen molar-refractivity contribution in [1.82, 2.24) is 10.1 Å². The molecule has 0 radical (unpaired) electrons. The van der Waals surface area contributed by atoms with Crippen LogP contribution >= 0.6 is 15.9 Å². The first-order chi connectivity index (χ1) is 15.9. The van der Waals surface area contributed by atoms with Crippen molar-refractivity contribution in [2.24, 2.45) is 11.1 Å². The fourth-order valence-electron chi connectivity index (χ4n) is 4.64. The molecule has 4 atom stereocenters. The number of carbonyl (C=O) groups excluding carboxylic acids is 1. The molecule has 2 aliphatic heterocycles. The summed E-state index contributed by atoms with van der Waals surface area (Å²) in [5.74, 6) is -0.849. The van der Waals surface area contributed by atoms with Gasteiger partial charge in [0, 0.05) is 35.5 Å². The van der Waals surface area contributed by atoms with Crippen LogP contribution in [0.25, 0.3) is 0 Å². The molecule has 1 fully saturated rings. The molecule has 34 heavy (non-hydrogen) atoms. The number of rotatable bonds is 5. The summed E-state index contributed by atoms with van der Waals surface area (Å²) in [6.45, 7) is 5.41. The molecule has 1 amide bonds. The first-order valence-corrected chi connectivity index (χ1v) is 11.7. The number of likely N-dealkylation sites (tertiary alicyclic amines) is 1. The molecular formula is C23H25BrF3N3O4. The Kier molecular flexibility index (Phi) is 6.54. The maximum atomic E-state index is 14.3. The monoisotopic (exact) mass is 543 g/mol. The number of β-amino-alcohol motifs (C(OH)–C–C–N with tert-alkyl or cyclic N) is 1. The summed E-state index contributed by atoms with van der Waals surface area (Å²) in [6.07, 6.45) is -6.15. The maximum Gasteiger partial charge on any atom is 0.435 e. The van der Waals surface area contributed by atoms with Gasteiger partial charge in [-0.05, 0) is 25.0 Å². The predicted octanol–water partition coefficient (Wildman–Crippen LogP) is 4.68. The third-order valence-corrected chi connectivity index (χ3v) is 6.88. The molecule has 2 aromatic rings. The smallest absolute Gasteiger partial charge is 0.391 e. The minimum Gasteiger partial charge on any atom is -0.391 e. The van der Waals surface area contributed by atoms with E-state index in [9.17, 15) is 23.1 Å². The Morgan fingerprint density at radius 3 is 2.53 bits per heavy atom. The molecule has 1 N–H and O–H groups in total. The number of hydrogen-bond donors (Lipinski definition) is 1. The van der Waals surface area contributed by atoms with Crippen molar-refractivity contribution >= 4 is 27.5 Å². The van der Waals surface area contributed by atoms with E-state index < -0.39 is 36.3 Å². The van der Waals surface area contributed by atoms with Gasteiger partial charge in [0.05, 0.1) is 23.6 Å². The van der Waals surface area contributed by atoms with E-state index in [0.29, 0.717) is 15.9 Å². The number of aliphatic hydroxyl groups excluding tert-OH is 1. The molecule has 1 saturated heterocycles. The van der Waals surface area contributed by atoms with Crippen molar-refractivity contribution in [1.29, 1.82) is 0 Å². The number of hydrogen-bond acceptors (Lipinski definition) is 6. The molecule has 2 aliphatic rings. The lowest BCUT2D eigenvalue weighted by atomic mass is 9.85. The zero-order valence-electron chi connectivity index (χ0n) is 18.8. The van der Waals surface area contributed by atoms with E-state index in [1.165, 1.54) is 29.2 Å². The van der Waals surface area contributed by atoms with Gasteiger partial charge in [-0.25, -0.2) is 0 Å². The Bertz CT molecular complexity index is 1090. The fourth-order valence-corrected chi connectivity index (χ4v) is 4.91. The molecule has 184 valence electrons. The van der Waals surface area contributed by atoms with Crippen molar-refractivity contribution in [3.8, 4) is 0 Å². The zero-order valence-corrected chi connectivity index (χ0v) is 20.4. The highest BCUT2D eigenvalue weighted by molar-refractivity contribution is 9.10. The van der Waals surface area contributed by atoms with Gasteiger partial charge in [0.2, 0.25) is 5.91 Å². The van der Waals surface area contributed by atoms with Crippen LogP contribution in [0.4, 0.5) is 13.2 Å². The Hall–Kier alpha value is -2.40. The van der Waals surface area contributed by atoms with Crippen molar-refractivity contribution in [2.45, 2.75) is 63.5 Å². The second kappa shape index (κ2) is 8.99. The Labute approximate surface area is 203 Å². The van der Waals surface area contributed by atoms with Gasteiger partial charge < -0.3 is 19.4 Å². The number of amides is 1. The summed E-state index contributed by atoms with van der Waals surface area (Å²) >= 11 is 3.23. The van der Waals surface area contributed by atoms with E-state index >= 15 is 0 Å². The molecule has 4 rings (SSSR count). The average Bonchev–Trinajstić information content (AvgIpc) is 3.46. The van der Waals surface area contributed by atoms with Crippen LogP contribution in [0, 0.1) is 12.8 Å². The van der Waals surface area contributed by atoms with Gasteiger partial charge in [-0.1, -0.05) is 52.2 Å². The van der Waals surface area contributed by atoms with Gasteiger partial charge in [0.25, 0.3) is 5.60 Å². The van der Waals surface area contributed by atoms with E-state index in [-0.39, 0.29) is 36.1 Å². The Balaban J connectivity index is 1.64. The highest BCUT2D eigenvalue weighted by Crippen LogP contribution is 2.49. The summed E-state index contributed by atoms with van der Waals surface area (Å²) < 4.78 is 48.8. The number of benzene rings is 1. The van der Waals surface area contributed by atoms with Gasteiger partial charge in [0.15, 0.2) is 0 Å². The molecule has 11 heteroatoms. The SMILES string of the molecule is Cc1cc([C@H](C(=O)N2C[C@H](O)C[C@H]2C2=NO[C@@](c3ccc(Br)cc3)(C(F)(F)F)C2)C(C)C)on1. The zero-order chi connectivity index (χ0) is 24.8. The number of aliphatic hydroxyl groups is 1. The number of nitrogens with zero attached hydrogens (tertiary/aromatic N) is 3. The van der Waals surface area contributed by atoms with Crippen molar-refractivity contribution in [3.05, 3.63) is 51.8 Å². The number of aromatic nitrogens is 1. The van der Waals surface area contributed by atoms with Gasteiger partial charge >= 0.3 is 6.18 Å². The van der Waals surface area contributed by atoms with Crippen LogP contribution in [0.1, 0.15) is 49.6 Å². The molecule has 3 heterocycles. The van der Waals surface area contributed by atoms with Crippen molar-refractivity contribution in [3.63, 3.8) is 0 Å². The van der Waals surface area contributed by atoms with E-state index in [2.05, 4.69) is 26.2 Å². The molecule has 0 saturated carbocycles. The number of carbonyl (C=O) groups is 1. The van der Waals surface area contributed by atoms with Crippen LogP contribution < -0.4 is 0 Å². The third kappa shape index (κ3) is 4.35. The topological polar surface area (TPSA) is 88.2 Å². The predicted molar refractivity (Wildman–Crippen MR) is 120 cm³/mol. The van der Waals surface area contributed by atoms with Crippen LogP contribution in [-0.4, -0.2) is 51.6 Å². The van der Waals surface area contributed by atoms with E-state index in [4.69, 9.17) is 9.36 Å². The van der Waals surface area contributed by atoms with Crippen LogP contribution in [0.5, 0.6) is 0 Å². The molecule has 0 spiro atoms. The van der Waals surface area contributed by atoms with Crippen LogP contribution in [0.15, 0.2) is 44.5 Å². The maximum absolute atomic E-state index is 14.3. The highest BCUT2D eigenvalue weighted by Gasteiger charge is 2.63. The normalized spacial score (nSPS) is 26.0.